The SMILES string of the molecule is O=C(c1ccccc1OC[C@H](O)CN1CCC2(CC1)Cc1cc(Cl)ccc1O2)N1CC[C@H](O)C1. The largest absolute Gasteiger partial charge is 0.490 e. The van der Waals surface area contributed by atoms with E-state index < -0.39 is 12.2 Å². The molecule has 3 heterocycles. The Labute approximate surface area is 204 Å². The van der Waals surface area contributed by atoms with Crippen LogP contribution < -0.4 is 9.47 Å². The molecule has 2 fully saturated rings. The third-order valence-electron chi connectivity index (χ3n) is 7.10. The summed E-state index contributed by atoms with van der Waals surface area (Å²) in [6.45, 7) is 3.16. The molecule has 1 amide bonds. The van der Waals surface area contributed by atoms with Crippen LogP contribution in [0.15, 0.2) is 42.5 Å². The standard InChI is InChI=1S/C26H31ClN2O5/c27-19-5-6-23-18(13-19)14-26(34-23)8-11-28(12-9-26)15-21(31)17-33-24-4-2-1-3-22(24)25(32)29-10-7-20(30)16-29/h1-6,13,20-21,30-31H,7-12,14-17H2/t20-,21+/m0/s1. The molecule has 8 heteroatoms. The number of para-hydroxylation sites is 1. The van der Waals surface area contributed by atoms with E-state index in [1.54, 1.807) is 23.1 Å². The van der Waals surface area contributed by atoms with E-state index in [0.717, 1.165) is 43.1 Å². The number of aliphatic hydroxyl groups is 2. The molecular weight excluding hydrogens is 456 g/mol. The van der Waals surface area contributed by atoms with E-state index in [2.05, 4.69) is 4.90 Å². The van der Waals surface area contributed by atoms with Crippen molar-refractivity contribution < 1.29 is 24.5 Å². The molecule has 0 bridgehead atoms. The summed E-state index contributed by atoms with van der Waals surface area (Å²) in [5, 5.41) is 21.1. The van der Waals surface area contributed by atoms with Crippen molar-refractivity contribution >= 4 is 17.5 Å². The van der Waals surface area contributed by atoms with Gasteiger partial charge < -0.3 is 29.5 Å². The summed E-state index contributed by atoms with van der Waals surface area (Å²) in [5.41, 5.74) is 1.46. The first-order valence-corrected chi connectivity index (χ1v) is 12.4. The second-order valence-corrected chi connectivity index (χ2v) is 10.1. The Morgan fingerprint density at radius 1 is 1.21 bits per heavy atom. The van der Waals surface area contributed by atoms with Gasteiger partial charge in [-0.25, -0.2) is 0 Å². The van der Waals surface area contributed by atoms with Crippen LogP contribution in [-0.2, 0) is 6.42 Å². The van der Waals surface area contributed by atoms with Gasteiger partial charge in [-0.05, 0) is 42.3 Å². The Kier molecular flexibility index (Phi) is 6.71. The van der Waals surface area contributed by atoms with Crippen LogP contribution in [0, 0.1) is 0 Å². The number of carbonyl (C=O) groups is 1. The Morgan fingerprint density at radius 3 is 2.76 bits per heavy atom. The number of β-amino-alcohol motifs (C(OH)–C–C–N with tert-alkyl or cyclic N) is 2. The maximum atomic E-state index is 12.8. The molecule has 0 unspecified atom stereocenters. The van der Waals surface area contributed by atoms with Crippen LogP contribution in [0.2, 0.25) is 5.02 Å². The zero-order valence-corrected chi connectivity index (χ0v) is 19.9. The molecule has 1 spiro atoms. The van der Waals surface area contributed by atoms with E-state index in [4.69, 9.17) is 21.1 Å². The van der Waals surface area contributed by atoms with Crippen LogP contribution in [0.3, 0.4) is 0 Å². The molecule has 3 aliphatic heterocycles. The Bertz CT molecular complexity index is 1040. The van der Waals surface area contributed by atoms with Crippen molar-refractivity contribution in [2.45, 2.75) is 43.5 Å². The Hall–Kier alpha value is -2.32. The van der Waals surface area contributed by atoms with Crippen molar-refractivity contribution in [2.75, 3.05) is 39.3 Å². The van der Waals surface area contributed by atoms with E-state index in [-0.39, 0.29) is 18.1 Å². The summed E-state index contributed by atoms with van der Waals surface area (Å²) < 4.78 is 12.2. The minimum absolute atomic E-state index is 0.106. The third-order valence-corrected chi connectivity index (χ3v) is 7.33. The molecule has 0 aromatic heterocycles. The summed E-state index contributed by atoms with van der Waals surface area (Å²) in [5.74, 6) is 1.24. The number of rotatable bonds is 6. The van der Waals surface area contributed by atoms with Crippen LogP contribution >= 0.6 is 11.6 Å². The number of amides is 1. The molecule has 182 valence electrons. The number of ether oxygens (including phenoxy) is 2. The molecule has 2 aromatic rings. The minimum Gasteiger partial charge on any atom is -0.490 e. The lowest BCUT2D eigenvalue weighted by Gasteiger charge is -2.39. The fourth-order valence-electron chi connectivity index (χ4n) is 5.23. The zero-order chi connectivity index (χ0) is 23.7. The van der Waals surface area contributed by atoms with Crippen molar-refractivity contribution in [1.29, 1.82) is 0 Å². The second-order valence-electron chi connectivity index (χ2n) is 9.67. The lowest BCUT2D eigenvalue weighted by molar-refractivity contribution is -0.00201. The molecular formula is C26H31ClN2O5. The van der Waals surface area contributed by atoms with Gasteiger partial charge in [0.2, 0.25) is 0 Å². The van der Waals surface area contributed by atoms with Crippen molar-refractivity contribution in [3.05, 3.63) is 58.6 Å². The molecule has 0 saturated carbocycles. The maximum Gasteiger partial charge on any atom is 0.257 e. The summed E-state index contributed by atoms with van der Waals surface area (Å²) in [4.78, 5) is 16.7. The normalized spacial score (nSPS) is 22.4. The molecule has 2 saturated heterocycles. The van der Waals surface area contributed by atoms with E-state index in [1.807, 2.05) is 24.3 Å². The van der Waals surface area contributed by atoms with Crippen molar-refractivity contribution in [1.82, 2.24) is 9.80 Å². The lowest BCUT2D eigenvalue weighted by atomic mass is 9.87. The summed E-state index contributed by atoms with van der Waals surface area (Å²) in [6, 6.07) is 12.9. The molecule has 0 radical (unpaired) electrons. The van der Waals surface area contributed by atoms with Crippen LogP contribution in [-0.4, -0.2) is 83.1 Å². The number of halogens is 1. The topological polar surface area (TPSA) is 82.5 Å². The molecule has 5 rings (SSSR count). The predicted molar refractivity (Wildman–Crippen MR) is 129 cm³/mol. The second kappa shape index (κ2) is 9.74. The molecule has 2 aromatic carbocycles. The highest BCUT2D eigenvalue weighted by atomic mass is 35.5. The Balaban J connectivity index is 1.11. The van der Waals surface area contributed by atoms with E-state index in [1.165, 1.54) is 5.56 Å². The molecule has 2 atom stereocenters. The number of piperidine rings is 1. The van der Waals surface area contributed by atoms with Gasteiger partial charge in [-0.15, -0.1) is 0 Å². The van der Waals surface area contributed by atoms with Crippen molar-refractivity contribution in [3.63, 3.8) is 0 Å². The summed E-state index contributed by atoms with van der Waals surface area (Å²) in [6.07, 6.45) is 2.12. The van der Waals surface area contributed by atoms with E-state index in [0.29, 0.717) is 37.4 Å². The summed E-state index contributed by atoms with van der Waals surface area (Å²) >= 11 is 6.14. The Morgan fingerprint density at radius 2 is 2.00 bits per heavy atom. The van der Waals surface area contributed by atoms with Crippen molar-refractivity contribution in [3.8, 4) is 11.5 Å². The molecule has 0 aliphatic carbocycles. The highest BCUT2D eigenvalue weighted by Crippen LogP contribution is 2.42. The minimum atomic E-state index is -0.675. The highest BCUT2D eigenvalue weighted by molar-refractivity contribution is 6.30. The number of carbonyl (C=O) groups excluding carboxylic acids is 1. The quantitative estimate of drug-likeness (QED) is 0.653. The molecule has 34 heavy (non-hydrogen) atoms. The van der Waals surface area contributed by atoms with Crippen LogP contribution in [0.5, 0.6) is 11.5 Å². The fraction of sp³-hybridized carbons (Fsp3) is 0.500. The van der Waals surface area contributed by atoms with Crippen LogP contribution in [0.1, 0.15) is 35.2 Å². The van der Waals surface area contributed by atoms with Gasteiger partial charge in [0, 0.05) is 57.0 Å². The lowest BCUT2D eigenvalue weighted by Crippen LogP contribution is -2.49. The van der Waals surface area contributed by atoms with E-state index in [9.17, 15) is 15.0 Å². The number of fused-ring (bicyclic) bond motifs is 1. The number of hydrogen-bond donors (Lipinski definition) is 2. The van der Waals surface area contributed by atoms with E-state index >= 15 is 0 Å². The van der Waals surface area contributed by atoms with Gasteiger partial charge in [0.15, 0.2) is 0 Å². The number of hydrogen-bond acceptors (Lipinski definition) is 6. The van der Waals surface area contributed by atoms with Crippen LogP contribution in [0.4, 0.5) is 0 Å². The first-order chi connectivity index (χ1) is 16.4. The first kappa shape index (κ1) is 23.4. The monoisotopic (exact) mass is 486 g/mol. The number of benzene rings is 2. The third kappa shape index (κ3) is 5.03. The zero-order valence-electron chi connectivity index (χ0n) is 19.2. The molecule has 7 nitrogen and oxygen atoms in total. The fourth-order valence-corrected chi connectivity index (χ4v) is 5.42. The average Bonchev–Trinajstić information content (AvgIpc) is 3.42. The highest BCUT2D eigenvalue weighted by Gasteiger charge is 2.42. The predicted octanol–water partition coefficient (Wildman–Crippen LogP) is 2.76. The number of nitrogens with zero attached hydrogens (tertiary/aromatic N) is 2. The average molecular weight is 487 g/mol. The molecule has 3 aliphatic rings. The summed E-state index contributed by atoms with van der Waals surface area (Å²) in [7, 11) is 0. The van der Waals surface area contributed by atoms with Gasteiger partial charge in [0.05, 0.1) is 11.7 Å². The van der Waals surface area contributed by atoms with Gasteiger partial charge >= 0.3 is 0 Å². The molecule has 2 N–H and O–H groups in total. The van der Waals surface area contributed by atoms with Crippen LogP contribution in [0.25, 0.3) is 0 Å². The van der Waals surface area contributed by atoms with Gasteiger partial charge in [-0.2, -0.15) is 0 Å². The van der Waals surface area contributed by atoms with Gasteiger partial charge in [0.1, 0.15) is 29.8 Å². The first-order valence-electron chi connectivity index (χ1n) is 12.0. The maximum absolute atomic E-state index is 12.8. The van der Waals surface area contributed by atoms with Gasteiger partial charge in [-0.3, -0.25) is 4.79 Å². The van der Waals surface area contributed by atoms with Gasteiger partial charge in [0.25, 0.3) is 5.91 Å². The smallest absolute Gasteiger partial charge is 0.257 e. The number of aliphatic hydroxyl groups excluding tert-OH is 2. The number of likely N-dealkylation sites (tertiary alicyclic amines) is 2. The van der Waals surface area contributed by atoms with Crippen molar-refractivity contribution in [2.24, 2.45) is 0 Å². The van der Waals surface area contributed by atoms with Gasteiger partial charge in [-0.1, -0.05) is 23.7 Å².